The number of benzene rings is 1. The van der Waals surface area contributed by atoms with Crippen molar-refractivity contribution < 1.29 is 13.9 Å². The van der Waals surface area contributed by atoms with Gasteiger partial charge in [-0.1, -0.05) is 12.1 Å². The fourth-order valence-electron chi connectivity index (χ4n) is 3.10. The quantitative estimate of drug-likeness (QED) is 0.851. The van der Waals surface area contributed by atoms with Crippen LogP contribution in [0.1, 0.15) is 24.4 Å². The molecule has 2 N–H and O–H groups in total. The highest BCUT2D eigenvalue weighted by Gasteiger charge is 2.37. The van der Waals surface area contributed by atoms with Crippen molar-refractivity contribution in [2.75, 3.05) is 19.6 Å². The van der Waals surface area contributed by atoms with Gasteiger partial charge in [0, 0.05) is 6.54 Å². The number of piperidine rings is 3. The van der Waals surface area contributed by atoms with Crippen molar-refractivity contribution in [3.8, 4) is 0 Å². The van der Waals surface area contributed by atoms with Gasteiger partial charge in [0.15, 0.2) is 0 Å². The number of ether oxygens (including phenoxy) is 1. The van der Waals surface area contributed by atoms with E-state index in [0.717, 1.165) is 32.5 Å². The van der Waals surface area contributed by atoms with Crippen molar-refractivity contribution in [3.63, 3.8) is 0 Å². The third-order valence-corrected chi connectivity index (χ3v) is 4.33. The van der Waals surface area contributed by atoms with Gasteiger partial charge in [-0.15, -0.1) is 0 Å². The molecule has 0 amide bonds. The second kappa shape index (κ2) is 5.50. The Labute approximate surface area is 117 Å². The van der Waals surface area contributed by atoms with E-state index in [1.54, 1.807) is 12.1 Å². The molecule has 3 heterocycles. The molecule has 0 radical (unpaired) electrons. The molecule has 3 aliphatic rings. The zero-order valence-electron chi connectivity index (χ0n) is 11.3. The number of nitrogens with two attached hydrogens (primary N) is 1. The molecule has 1 aromatic carbocycles. The first-order chi connectivity index (χ1) is 9.63. The molecule has 4 nitrogen and oxygen atoms in total. The molecule has 20 heavy (non-hydrogen) atoms. The maximum Gasteiger partial charge on any atom is 0.327 e. The topological polar surface area (TPSA) is 55.6 Å². The summed E-state index contributed by atoms with van der Waals surface area (Å²) >= 11 is 0. The predicted octanol–water partition coefficient (Wildman–Crippen LogP) is 1.46. The summed E-state index contributed by atoms with van der Waals surface area (Å²) in [5.41, 5.74) is 6.32. The van der Waals surface area contributed by atoms with Gasteiger partial charge in [-0.05, 0) is 49.5 Å². The number of rotatable bonds is 3. The summed E-state index contributed by atoms with van der Waals surface area (Å²) in [4.78, 5) is 14.4. The van der Waals surface area contributed by atoms with Crippen molar-refractivity contribution in [3.05, 3.63) is 35.6 Å². The Hall–Kier alpha value is -1.46. The third kappa shape index (κ3) is 2.69. The van der Waals surface area contributed by atoms with Gasteiger partial charge in [-0.25, -0.2) is 9.18 Å². The minimum Gasteiger partial charge on any atom is -0.459 e. The number of halogens is 1. The van der Waals surface area contributed by atoms with Gasteiger partial charge in [-0.3, -0.25) is 4.90 Å². The average molecular weight is 278 g/mol. The lowest BCUT2D eigenvalue weighted by Gasteiger charge is -2.44. The summed E-state index contributed by atoms with van der Waals surface area (Å²) in [6.45, 7) is 2.98. The number of fused-ring (bicyclic) bond motifs is 3. The maximum absolute atomic E-state index is 13.2. The Balaban J connectivity index is 1.64. The molecule has 1 unspecified atom stereocenters. The van der Waals surface area contributed by atoms with Crippen LogP contribution < -0.4 is 5.73 Å². The van der Waals surface area contributed by atoms with Crippen LogP contribution >= 0.6 is 0 Å². The highest BCUT2D eigenvalue weighted by molar-refractivity contribution is 5.77. The second-order valence-corrected chi connectivity index (χ2v) is 5.65. The van der Waals surface area contributed by atoms with Gasteiger partial charge in [0.05, 0.1) is 0 Å². The molecular weight excluding hydrogens is 259 g/mol. The number of nitrogens with zero attached hydrogens (tertiary/aromatic N) is 1. The number of esters is 1. The highest BCUT2D eigenvalue weighted by Crippen LogP contribution is 2.30. The fraction of sp³-hybridized carbons (Fsp3) is 0.533. The molecular formula is C15H19FN2O2. The van der Waals surface area contributed by atoms with E-state index < -0.39 is 17.8 Å². The molecule has 3 saturated heterocycles. The minimum atomic E-state index is -0.916. The van der Waals surface area contributed by atoms with Crippen LogP contribution in [0.25, 0.3) is 0 Å². The van der Waals surface area contributed by atoms with Crippen LogP contribution in [0.5, 0.6) is 0 Å². The van der Waals surface area contributed by atoms with E-state index in [2.05, 4.69) is 4.90 Å². The van der Waals surface area contributed by atoms with Crippen LogP contribution in [-0.4, -0.2) is 36.6 Å². The molecule has 2 atom stereocenters. The lowest BCUT2D eigenvalue weighted by atomic mass is 9.86. The average Bonchev–Trinajstić information content (AvgIpc) is 2.47. The Morgan fingerprint density at radius 1 is 1.40 bits per heavy atom. The number of carbonyl (C=O) groups is 1. The smallest absolute Gasteiger partial charge is 0.327 e. The number of hydrogen-bond acceptors (Lipinski definition) is 4. The molecule has 5 heteroatoms. The van der Waals surface area contributed by atoms with Crippen molar-refractivity contribution in [1.29, 1.82) is 0 Å². The molecule has 3 aliphatic heterocycles. The van der Waals surface area contributed by atoms with Crippen LogP contribution in [0.2, 0.25) is 0 Å². The standard InChI is InChI=1S/C15H19FN2O2/c16-12-3-1-2-11(8-12)14(17)15(19)20-13-9-18-6-4-10(13)5-7-18/h1-3,8,10,13-14H,4-7,9,17H2/t13-,14?/m0/s1. The number of carbonyl (C=O) groups excluding carboxylic acids is 1. The molecule has 1 aromatic rings. The van der Waals surface area contributed by atoms with Crippen molar-refractivity contribution in [2.24, 2.45) is 11.7 Å². The van der Waals surface area contributed by atoms with Crippen molar-refractivity contribution in [1.82, 2.24) is 4.90 Å². The fourth-order valence-corrected chi connectivity index (χ4v) is 3.10. The van der Waals surface area contributed by atoms with E-state index in [9.17, 15) is 9.18 Å². The van der Waals surface area contributed by atoms with Crippen LogP contribution in [0.4, 0.5) is 4.39 Å². The molecule has 0 saturated carbocycles. The molecule has 108 valence electrons. The highest BCUT2D eigenvalue weighted by atomic mass is 19.1. The zero-order valence-corrected chi connectivity index (χ0v) is 11.3. The summed E-state index contributed by atoms with van der Waals surface area (Å²) < 4.78 is 18.7. The number of hydrogen-bond donors (Lipinski definition) is 1. The van der Waals surface area contributed by atoms with E-state index in [1.807, 2.05) is 0 Å². The Kier molecular flexibility index (Phi) is 3.72. The molecule has 0 spiro atoms. The first-order valence-corrected chi connectivity index (χ1v) is 7.07. The molecule has 0 aromatic heterocycles. The first-order valence-electron chi connectivity index (χ1n) is 7.07. The normalized spacial score (nSPS) is 30.0. The molecule has 0 aliphatic carbocycles. The van der Waals surface area contributed by atoms with Gasteiger partial charge in [0.1, 0.15) is 18.0 Å². The second-order valence-electron chi connectivity index (χ2n) is 5.65. The molecule has 3 fully saturated rings. The SMILES string of the molecule is NC(C(=O)O[C@H]1CN2CCC1CC2)c1cccc(F)c1. The van der Waals surface area contributed by atoms with Gasteiger partial charge in [0.25, 0.3) is 0 Å². The minimum absolute atomic E-state index is 0.0652. The molecule has 2 bridgehead atoms. The Morgan fingerprint density at radius 3 is 2.75 bits per heavy atom. The van der Waals surface area contributed by atoms with Crippen LogP contribution in [0.15, 0.2) is 24.3 Å². The van der Waals surface area contributed by atoms with E-state index in [0.29, 0.717) is 11.5 Å². The van der Waals surface area contributed by atoms with Gasteiger partial charge in [0.2, 0.25) is 0 Å². The maximum atomic E-state index is 13.2. The Morgan fingerprint density at radius 2 is 2.15 bits per heavy atom. The third-order valence-electron chi connectivity index (χ3n) is 4.33. The zero-order chi connectivity index (χ0) is 14.1. The summed E-state index contributed by atoms with van der Waals surface area (Å²) in [5, 5.41) is 0. The van der Waals surface area contributed by atoms with Crippen LogP contribution in [0.3, 0.4) is 0 Å². The Bertz CT molecular complexity index is 500. The largest absolute Gasteiger partial charge is 0.459 e. The monoisotopic (exact) mass is 278 g/mol. The van der Waals surface area contributed by atoms with Crippen LogP contribution in [-0.2, 0) is 9.53 Å². The summed E-state index contributed by atoms with van der Waals surface area (Å²) in [5.74, 6) is -0.411. The van der Waals surface area contributed by atoms with E-state index >= 15 is 0 Å². The van der Waals surface area contributed by atoms with Crippen LogP contribution in [0, 0.1) is 11.7 Å². The van der Waals surface area contributed by atoms with Gasteiger partial charge in [-0.2, -0.15) is 0 Å². The van der Waals surface area contributed by atoms with E-state index in [4.69, 9.17) is 10.5 Å². The summed E-state index contributed by atoms with van der Waals surface area (Å²) in [6.07, 6.45) is 2.09. The first kappa shape index (κ1) is 13.5. The summed E-state index contributed by atoms with van der Waals surface area (Å²) in [7, 11) is 0. The summed E-state index contributed by atoms with van der Waals surface area (Å²) in [6, 6.07) is 4.88. The van der Waals surface area contributed by atoms with E-state index in [-0.39, 0.29) is 6.10 Å². The lowest BCUT2D eigenvalue weighted by molar-refractivity contribution is -0.160. The van der Waals surface area contributed by atoms with E-state index in [1.165, 1.54) is 12.1 Å². The predicted molar refractivity (Wildman–Crippen MR) is 72.4 cm³/mol. The van der Waals surface area contributed by atoms with Crippen molar-refractivity contribution >= 4 is 5.97 Å². The van der Waals surface area contributed by atoms with Gasteiger partial charge >= 0.3 is 5.97 Å². The lowest BCUT2D eigenvalue weighted by Crippen LogP contribution is -2.52. The molecule has 4 rings (SSSR count). The van der Waals surface area contributed by atoms with Crippen molar-refractivity contribution in [2.45, 2.75) is 25.0 Å². The van der Waals surface area contributed by atoms with Gasteiger partial charge < -0.3 is 10.5 Å².